The van der Waals surface area contributed by atoms with Crippen LogP contribution in [-0.4, -0.2) is 44.0 Å². The van der Waals surface area contributed by atoms with Gasteiger partial charge in [-0.15, -0.1) is 0 Å². The lowest BCUT2D eigenvalue weighted by atomic mass is 9.74. The van der Waals surface area contributed by atoms with Crippen LogP contribution in [0.25, 0.3) is 11.1 Å². The molecule has 0 aromatic heterocycles. The van der Waals surface area contributed by atoms with Gasteiger partial charge < -0.3 is 15.0 Å². The summed E-state index contributed by atoms with van der Waals surface area (Å²) in [5.74, 6) is 1.74. The summed E-state index contributed by atoms with van der Waals surface area (Å²) in [5, 5.41) is 2.87. The van der Waals surface area contributed by atoms with Crippen molar-refractivity contribution >= 4 is 11.8 Å². The summed E-state index contributed by atoms with van der Waals surface area (Å²) in [6, 6.07) is 16.4. The van der Waals surface area contributed by atoms with Crippen molar-refractivity contribution in [2.75, 3.05) is 27.2 Å². The average molecular weight is 421 g/mol. The smallest absolute Gasteiger partial charge is 0.228 e. The second kappa shape index (κ2) is 8.74. The van der Waals surface area contributed by atoms with Crippen molar-refractivity contribution in [3.05, 3.63) is 54.1 Å². The topological polar surface area (TPSA) is 58.6 Å². The summed E-state index contributed by atoms with van der Waals surface area (Å²) in [6.45, 7) is 3.40. The molecule has 2 aromatic rings. The van der Waals surface area contributed by atoms with E-state index in [1.165, 1.54) is 0 Å². The summed E-state index contributed by atoms with van der Waals surface area (Å²) in [4.78, 5) is 27.8. The van der Waals surface area contributed by atoms with E-state index < -0.39 is 5.41 Å². The van der Waals surface area contributed by atoms with Crippen LogP contribution in [0.4, 0.5) is 0 Å². The average Bonchev–Trinajstić information content (AvgIpc) is 3.55. The Kier molecular flexibility index (Phi) is 6.03. The molecule has 1 saturated heterocycles. The van der Waals surface area contributed by atoms with Crippen LogP contribution in [0.3, 0.4) is 0 Å². The maximum atomic E-state index is 13.0. The number of nitrogens with one attached hydrogen (secondary N) is 1. The van der Waals surface area contributed by atoms with Gasteiger partial charge in [0.05, 0.1) is 12.5 Å². The zero-order valence-electron chi connectivity index (χ0n) is 18.7. The third kappa shape index (κ3) is 4.46. The molecule has 4 rings (SSSR count). The summed E-state index contributed by atoms with van der Waals surface area (Å²) >= 11 is 0. The first kappa shape index (κ1) is 21.4. The van der Waals surface area contributed by atoms with Gasteiger partial charge in [-0.3, -0.25) is 9.59 Å². The van der Waals surface area contributed by atoms with E-state index in [-0.39, 0.29) is 17.7 Å². The highest BCUT2D eigenvalue weighted by Gasteiger charge is 2.47. The monoisotopic (exact) mass is 420 g/mol. The van der Waals surface area contributed by atoms with Crippen molar-refractivity contribution in [3.63, 3.8) is 0 Å². The number of benzene rings is 2. The minimum atomic E-state index is -0.567. The Hall–Kier alpha value is -2.82. The highest BCUT2D eigenvalue weighted by atomic mass is 16.5. The molecule has 1 aliphatic carbocycles. The van der Waals surface area contributed by atoms with E-state index in [0.29, 0.717) is 18.9 Å². The minimum Gasteiger partial charge on any atom is -0.497 e. The Bertz CT molecular complexity index is 938. The highest BCUT2D eigenvalue weighted by Crippen LogP contribution is 2.42. The number of ether oxygens (including phenoxy) is 1. The second-order valence-corrected chi connectivity index (χ2v) is 9.14. The van der Waals surface area contributed by atoms with E-state index >= 15 is 0 Å². The number of likely N-dealkylation sites (tertiary alicyclic amines) is 1. The van der Waals surface area contributed by atoms with Crippen molar-refractivity contribution in [3.8, 4) is 16.9 Å². The fourth-order valence-electron chi connectivity index (χ4n) is 4.88. The van der Waals surface area contributed by atoms with Gasteiger partial charge in [-0.2, -0.15) is 0 Å². The quantitative estimate of drug-likeness (QED) is 0.771. The Balaban J connectivity index is 1.52. The summed E-state index contributed by atoms with van der Waals surface area (Å²) in [7, 11) is 3.36. The van der Waals surface area contributed by atoms with Gasteiger partial charge in [0.25, 0.3) is 0 Å². The molecule has 3 atom stereocenters. The number of amides is 2. The molecular formula is C26H32N2O3. The van der Waals surface area contributed by atoms with E-state index in [0.717, 1.165) is 48.2 Å². The zero-order chi connectivity index (χ0) is 22.0. The molecule has 0 spiro atoms. The van der Waals surface area contributed by atoms with Crippen LogP contribution in [0, 0.1) is 17.3 Å². The number of nitrogens with zero attached hydrogens (tertiary/aromatic N) is 1. The van der Waals surface area contributed by atoms with Gasteiger partial charge in [0, 0.05) is 26.1 Å². The van der Waals surface area contributed by atoms with E-state index in [1.54, 1.807) is 14.2 Å². The van der Waals surface area contributed by atoms with Gasteiger partial charge in [-0.1, -0.05) is 43.3 Å². The molecule has 31 heavy (non-hydrogen) atoms. The van der Waals surface area contributed by atoms with Gasteiger partial charge in [0.2, 0.25) is 11.8 Å². The molecule has 0 radical (unpaired) electrons. The third-order valence-corrected chi connectivity index (χ3v) is 6.94. The van der Waals surface area contributed by atoms with Crippen LogP contribution in [-0.2, 0) is 16.0 Å². The van der Waals surface area contributed by atoms with E-state index in [2.05, 4.69) is 36.5 Å². The molecule has 164 valence electrons. The lowest BCUT2D eigenvalue weighted by Crippen LogP contribution is -2.54. The molecule has 5 nitrogen and oxygen atoms in total. The predicted molar refractivity (Wildman–Crippen MR) is 122 cm³/mol. The van der Waals surface area contributed by atoms with Gasteiger partial charge in [-0.25, -0.2) is 0 Å². The van der Waals surface area contributed by atoms with Crippen LogP contribution in [0.2, 0.25) is 0 Å². The number of carbonyl (C=O) groups is 2. The zero-order valence-corrected chi connectivity index (χ0v) is 18.7. The molecule has 1 saturated carbocycles. The fourth-order valence-corrected chi connectivity index (χ4v) is 4.88. The normalized spacial score (nSPS) is 25.1. The number of rotatable bonds is 6. The Morgan fingerprint density at radius 1 is 1.10 bits per heavy atom. The van der Waals surface area contributed by atoms with Crippen LogP contribution in [0.1, 0.15) is 31.7 Å². The molecule has 1 aliphatic heterocycles. The minimum absolute atomic E-state index is 0.0353. The lowest BCUT2D eigenvalue weighted by molar-refractivity contribution is -0.142. The molecule has 1 N–H and O–H groups in total. The van der Waals surface area contributed by atoms with Crippen molar-refractivity contribution in [2.45, 2.75) is 32.6 Å². The first-order valence-electron chi connectivity index (χ1n) is 11.2. The molecule has 2 amide bonds. The number of carbonyl (C=O) groups excluding carboxylic acids is 2. The van der Waals surface area contributed by atoms with Crippen LogP contribution >= 0.6 is 0 Å². The first-order chi connectivity index (χ1) is 15.0. The fraction of sp³-hybridized carbons (Fsp3) is 0.462. The van der Waals surface area contributed by atoms with E-state index in [1.807, 2.05) is 29.2 Å². The van der Waals surface area contributed by atoms with Gasteiger partial charge in [0.15, 0.2) is 0 Å². The molecule has 2 fully saturated rings. The maximum absolute atomic E-state index is 13.0. The lowest BCUT2D eigenvalue weighted by Gasteiger charge is -2.42. The number of hydrogen-bond acceptors (Lipinski definition) is 3. The largest absolute Gasteiger partial charge is 0.497 e. The Morgan fingerprint density at radius 2 is 1.71 bits per heavy atom. The van der Waals surface area contributed by atoms with Crippen molar-refractivity contribution < 1.29 is 14.3 Å². The van der Waals surface area contributed by atoms with Crippen LogP contribution in [0.15, 0.2) is 48.5 Å². The standard InChI is InChI=1S/C26H32N2O3/c1-18-15-23(18)24(29)28-14-4-13-26(17-28,25(30)27-2)16-19-5-7-20(8-6-19)21-9-11-22(31-3)12-10-21/h5-12,18,23H,4,13-17H2,1-3H3,(H,27,30)/t18-,23-,26+/m1/s1. The second-order valence-electron chi connectivity index (χ2n) is 9.14. The highest BCUT2D eigenvalue weighted by molar-refractivity contribution is 5.86. The van der Waals surface area contributed by atoms with Crippen LogP contribution in [0.5, 0.6) is 5.75 Å². The summed E-state index contributed by atoms with van der Waals surface area (Å²) < 4.78 is 5.24. The van der Waals surface area contributed by atoms with Crippen molar-refractivity contribution in [1.29, 1.82) is 0 Å². The first-order valence-corrected chi connectivity index (χ1v) is 11.2. The van der Waals surface area contributed by atoms with Gasteiger partial charge in [0.1, 0.15) is 5.75 Å². The molecule has 2 aliphatic rings. The molecular weight excluding hydrogens is 388 g/mol. The summed E-state index contributed by atoms with van der Waals surface area (Å²) in [6.07, 6.45) is 3.29. The summed E-state index contributed by atoms with van der Waals surface area (Å²) in [5.41, 5.74) is 2.81. The van der Waals surface area contributed by atoms with Gasteiger partial charge >= 0.3 is 0 Å². The number of hydrogen-bond donors (Lipinski definition) is 1. The molecule has 1 heterocycles. The Morgan fingerprint density at radius 3 is 2.26 bits per heavy atom. The molecule has 5 heteroatoms. The van der Waals surface area contributed by atoms with Crippen LogP contribution < -0.4 is 10.1 Å². The van der Waals surface area contributed by atoms with E-state index in [9.17, 15) is 9.59 Å². The van der Waals surface area contributed by atoms with Gasteiger partial charge in [-0.05, 0) is 60.4 Å². The Labute approximate surface area is 184 Å². The van der Waals surface area contributed by atoms with Crippen molar-refractivity contribution in [2.24, 2.45) is 17.3 Å². The number of piperidine rings is 1. The molecule has 2 aromatic carbocycles. The van der Waals surface area contributed by atoms with E-state index in [4.69, 9.17) is 4.74 Å². The predicted octanol–water partition coefficient (Wildman–Crippen LogP) is 3.92. The molecule has 0 unspecified atom stereocenters. The van der Waals surface area contributed by atoms with Crippen molar-refractivity contribution in [1.82, 2.24) is 10.2 Å². The maximum Gasteiger partial charge on any atom is 0.228 e. The number of methoxy groups -OCH3 is 1. The SMILES string of the molecule is CNC(=O)[C@]1(Cc2ccc(-c3ccc(OC)cc3)cc2)CCCN(C(=O)[C@@H]2C[C@H]2C)C1. The third-order valence-electron chi connectivity index (χ3n) is 6.94. The molecule has 0 bridgehead atoms.